The van der Waals surface area contributed by atoms with Gasteiger partial charge in [0.05, 0.1) is 0 Å². The topological polar surface area (TPSA) is 86.7 Å². The number of carbonyl (C=O) groups excluding carboxylic acids is 2. The van der Waals surface area contributed by atoms with Gasteiger partial charge in [0.2, 0.25) is 0 Å². The molecule has 1 aliphatic rings. The number of carbonyl (C=O) groups is 3. The van der Waals surface area contributed by atoms with Crippen LogP contribution in [0.25, 0.3) is 0 Å². The average Bonchev–Trinajstić information content (AvgIpc) is 2.80. The molecule has 0 saturated carbocycles. The van der Waals surface area contributed by atoms with Gasteiger partial charge in [-0.15, -0.1) is 0 Å². The molecule has 23 heavy (non-hydrogen) atoms. The van der Waals surface area contributed by atoms with E-state index in [4.69, 9.17) is 5.11 Å². The zero-order chi connectivity index (χ0) is 17.1. The summed E-state index contributed by atoms with van der Waals surface area (Å²) in [5.41, 5.74) is 0.117. The predicted octanol–water partition coefficient (Wildman–Crippen LogP) is 0.711. The molecule has 0 aliphatic carbocycles. The molecule has 0 aromatic heterocycles. The Hall–Kier alpha value is -1.88. The zero-order valence-electron chi connectivity index (χ0n) is 12.7. The van der Waals surface area contributed by atoms with Crippen LogP contribution in [0.1, 0.15) is 20.3 Å². The molecule has 1 aliphatic heterocycles. The van der Waals surface area contributed by atoms with Crippen molar-refractivity contribution < 1.29 is 23.9 Å². The van der Waals surface area contributed by atoms with E-state index in [-0.39, 0.29) is 22.7 Å². The van der Waals surface area contributed by atoms with E-state index in [0.29, 0.717) is 10.8 Å². The summed E-state index contributed by atoms with van der Waals surface area (Å²) < 4.78 is 15.0. The summed E-state index contributed by atoms with van der Waals surface area (Å²) in [6.07, 6.45) is -0.985. The van der Waals surface area contributed by atoms with Gasteiger partial charge in [-0.3, -0.25) is 0 Å². The van der Waals surface area contributed by atoms with Gasteiger partial charge in [0.25, 0.3) is 0 Å². The summed E-state index contributed by atoms with van der Waals surface area (Å²) in [4.78, 5) is 35.7. The molecule has 0 unspecified atom stereocenters. The van der Waals surface area contributed by atoms with Crippen LogP contribution in [0, 0.1) is 11.7 Å². The third-order valence-corrected chi connectivity index (χ3v) is 6.13. The normalized spacial score (nSPS) is 18.2. The van der Waals surface area contributed by atoms with Crippen LogP contribution < -0.4 is 14.6 Å². The van der Waals surface area contributed by atoms with E-state index in [0.717, 1.165) is 0 Å². The number of benzene rings is 1. The van der Waals surface area contributed by atoms with Crippen molar-refractivity contribution in [1.82, 2.24) is 5.32 Å². The number of anilines is 1. The van der Waals surface area contributed by atoms with Gasteiger partial charge < -0.3 is 0 Å². The molecule has 1 aromatic carbocycles. The monoisotopic (exact) mass is 383 g/mol. The van der Waals surface area contributed by atoms with E-state index in [9.17, 15) is 18.8 Å². The van der Waals surface area contributed by atoms with Crippen LogP contribution in [0.15, 0.2) is 18.2 Å². The fourth-order valence-corrected chi connectivity index (χ4v) is 4.00. The molecule has 0 spiro atoms. The van der Waals surface area contributed by atoms with Crippen molar-refractivity contribution in [2.45, 2.75) is 26.3 Å². The van der Waals surface area contributed by atoms with Crippen LogP contribution in [0.3, 0.4) is 0 Å². The van der Waals surface area contributed by atoms with Crippen molar-refractivity contribution in [1.29, 1.82) is 0 Å². The van der Waals surface area contributed by atoms with E-state index < -0.39 is 39.6 Å². The first-order valence-electron chi connectivity index (χ1n) is 7.15. The number of hydrogen-bond acceptors (Lipinski definition) is 3. The Morgan fingerprint density at radius 1 is 1.43 bits per heavy atom. The van der Waals surface area contributed by atoms with Crippen LogP contribution >= 0.6 is 0 Å². The van der Waals surface area contributed by atoms with E-state index in [1.165, 1.54) is 17.0 Å². The summed E-state index contributed by atoms with van der Waals surface area (Å²) >= 11 is -0.766. The first-order valence-corrected chi connectivity index (χ1v) is 9.03. The SMILES string of the molecule is CC(C)C(=O)[As]c1ccc(N2CC[C@H](NC(=O)O)C2=O)c(F)c1. The van der Waals surface area contributed by atoms with E-state index in [1.807, 2.05) is 0 Å². The van der Waals surface area contributed by atoms with Gasteiger partial charge in [-0.25, -0.2) is 0 Å². The van der Waals surface area contributed by atoms with Crippen molar-refractivity contribution in [3.05, 3.63) is 24.0 Å². The number of nitrogens with one attached hydrogen (secondary N) is 1. The molecule has 8 heteroatoms. The van der Waals surface area contributed by atoms with Crippen molar-refractivity contribution in [3.63, 3.8) is 0 Å². The Labute approximate surface area is 139 Å². The number of amides is 2. The Bertz CT molecular complexity index is 650. The maximum atomic E-state index is 14.3. The third-order valence-electron chi connectivity index (χ3n) is 3.46. The molecule has 2 N–H and O–H groups in total. The van der Waals surface area contributed by atoms with Gasteiger partial charge in [-0.1, -0.05) is 0 Å². The van der Waals surface area contributed by atoms with Gasteiger partial charge in [0.1, 0.15) is 0 Å². The molecule has 2 amide bonds. The molecular weight excluding hydrogens is 366 g/mol. The molecule has 1 radical (unpaired) electrons. The minimum absolute atomic E-state index is 0.0826. The molecule has 123 valence electrons. The fourth-order valence-electron chi connectivity index (χ4n) is 2.24. The number of carboxylic acid groups (broad SMARTS) is 1. The summed E-state index contributed by atoms with van der Waals surface area (Å²) in [6.45, 7) is 3.86. The minimum atomic E-state index is -1.28. The second-order valence-corrected chi connectivity index (χ2v) is 8.00. The van der Waals surface area contributed by atoms with Crippen molar-refractivity contribution in [2.75, 3.05) is 11.4 Å². The summed E-state index contributed by atoms with van der Waals surface area (Å²) in [7, 11) is 0. The number of nitrogens with zero attached hydrogens (tertiary/aromatic N) is 1. The van der Waals surface area contributed by atoms with Crippen LogP contribution in [-0.2, 0) is 9.59 Å². The standard InChI is InChI=1S/C15H17AsFN2O4/c1-8(2)13(20)16-9-3-4-12(10(17)7-9)19-6-5-11(14(19)21)18-15(22)23/h3-4,7-8,11,18H,5-6H2,1-2H3,(H,22,23)/t11-/m0/s1. The van der Waals surface area contributed by atoms with Crippen LogP contribution in [0.2, 0.25) is 0 Å². The van der Waals surface area contributed by atoms with E-state index in [2.05, 4.69) is 5.32 Å². The van der Waals surface area contributed by atoms with E-state index in [1.54, 1.807) is 19.9 Å². The van der Waals surface area contributed by atoms with Gasteiger partial charge in [-0.05, 0) is 0 Å². The second kappa shape index (κ2) is 7.13. The summed E-state index contributed by atoms with van der Waals surface area (Å²) in [5.74, 6) is -1.12. The average molecular weight is 383 g/mol. The second-order valence-electron chi connectivity index (χ2n) is 5.52. The van der Waals surface area contributed by atoms with Crippen LogP contribution in [0.4, 0.5) is 14.9 Å². The Morgan fingerprint density at radius 2 is 2.13 bits per heavy atom. The van der Waals surface area contributed by atoms with Crippen molar-refractivity contribution in [3.8, 4) is 0 Å². The first kappa shape index (κ1) is 17.5. The molecule has 1 aromatic rings. The molecular formula is C15H17AsFN2O4. The van der Waals surface area contributed by atoms with Crippen molar-refractivity contribution in [2.24, 2.45) is 5.92 Å². The zero-order valence-corrected chi connectivity index (χ0v) is 14.6. The third kappa shape index (κ3) is 4.10. The number of halogens is 1. The quantitative estimate of drug-likeness (QED) is 0.734. The van der Waals surface area contributed by atoms with Crippen molar-refractivity contribution >= 4 is 42.4 Å². The molecule has 1 heterocycles. The Morgan fingerprint density at radius 3 is 2.70 bits per heavy atom. The fraction of sp³-hybridized carbons (Fsp3) is 0.400. The molecule has 2 rings (SSSR count). The first-order chi connectivity index (χ1) is 10.8. The maximum absolute atomic E-state index is 14.3. The molecule has 1 atom stereocenters. The Balaban J connectivity index is 2.14. The number of rotatable bonds is 5. The Kier molecular flexibility index (Phi) is 5.42. The summed E-state index contributed by atoms with van der Waals surface area (Å²) in [6, 6.07) is 3.58. The summed E-state index contributed by atoms with van der Waals surface area (Å²) in [5, 5.41) is 10.8. The molecule has 1 fully saturated rings. The van der Waals surface area contributed by atoms with Gasteiger partial charge in [0.15, 0.2) is 0 Å². The van der Waals surface area contributed by atoms with Crippen LogP contribution in [-0.4, -0.2) is 50.0 Å². The van der Waals surface area contributed by atoms with Gasteiger partial charge in [-0.2, -0.15) is 0 Å². The van der Waals surface area contributed by atoms with E-state index >= 15 is 0 Å². The molecule has 0 bridgehead atoms. The van der Waals surface area contributed by atoms with Gasteiger partial charge in [0, 0.05) is 0 Å². The predicted molar refractivity (Wildman–Crippen MR) is 83.6 cm³/mol. The molecule has 1 saturated heterocycles. The number of hydrogen-bond donors (Lipinski definition) is 2. The van der Waals surface area contributed by atoms with Crippen LogP contribution in [0.5, 0.6) is 0 Å². The molecule has 6 nitrogen and oxygen atoms in total. The van der Waals surface area contributed by atoms with Gasteiger partial charge >= 0.3 is 139 Å².